The molecule has 0 bridgehead atoms. The van der Waals surface area contributed by atoms with Gasteiger partial charge in [0.25, 0.3) is 0 Å². The van der Waals surface area contributed by atoms with Crippen molar-refractivity contribution in [3.05, 3.63) is 88.4 Å². The van der Waals surface area contributed by atoms with Crippen LogP contribution < -0.4 is 19.6 Å². The highest BCUT2D eigenvalue weighted by atomic mass is 35.5. The molecule has 0 aliphatic rings. The third-order valence-electron chi connectivity index (χ3n) is 4.34. The van der Waals surface area contributed by atoms with Crippen molar-refractivity contribution in [2.24, 2.45) is 5.10 Å². The lowest BCUT2D eigenvalue weighted by Crippen LogP contribution is -2.07. The van der Waals surface area contributed by atoms with Crippen LogP contribution in [0.15, 0.2) is 71.8 Å². The standard InChI is InChI=1S/C24H25ClN2O3/c1-3-29-24-14-19(15-26-27-16-20-6-4-5-7-22(20)28-2)10-13-23(24)30-17-18-8-11-21(25)12-9-18/h4-15,27H,3,16-17H2,1-2H3/b26-15+. The third-order valence-corrected chi connectivity index (χ3v) is 4.59. The molecule has 0 radical (unpaired) electrons. The average Bonchev–Trinajstić information content (AvgIpc) is 2.77. The number of halogens is 1. The van der Waals surface area contributed by atoms with E-state index in [1.165, 1.54) is 0 Å². The second-order valence-corrected chi connectivity index (χ2v) is 6.90. The van der Waals surface area contributed by atoms with Crippen LogP contribution in [-0.4, -0.2) is 19.9 Å². The molecule has 156 valence electrons. The minimum Gasteiger partial charge on any atom is -0.496 e. The van der Waals surface area contributed by atoms with Gasteiger partial charge in [-0.05, 0) is 54.4 Å². The molecule has 0 atom stereocenters. The van der Waals surface area contributed by atoms with E-state index in [0.717, 1.165) is 22.4 Å². The lowest BCUT2D eigenvalue weighted by Gasteiger charge is -2.13. The Labute approximate surface area is 182 Å². The number of hydrogen-bond acceptors (Lipinski definition) is 5. The van der Waals surface area contributed by atoms with Gasteiger partial charge in [0.1, 0.15) is 12.4 Å². The van der Waals surface area contributed by atoms with Crippen LogP contribution in [0.3, 0.4) is 0 Å². The number of hydrazone groups is 1. The van der Waals surface area contributed by atoms with Crippen LogP contribution in [0.4, 0.5) is 0 Å². The van der Waals surface area contributed by atoms with Crippen molar-refractivity contribution >= 4 is 17.8 Å². The number of ether oxygens (including phenoxy) is 3. The molecule has 1 N–H and O–H groups in total. The first kappa shape index (κ1) is 21.5. The molecule has 0 heterocycles. The van der Waals surface area contributed by atoms with Crippen molar-refractivity contribution in [2.75, 3.05) is 13.7 Å². The lowest BCUT2D eigenvalue weighted by molar-refractivity contribution is 0.269. The van der Waals surface area contributed by atoms with Gasteiger partial charge in [0, 0.05) is 10.6 Å². The zero-order valence-corrected chi connectivity index (χ0v) is 17.9. The van der Waals surface area contributed by atoms with Crippen LogP contribution >= 0.6 is 11.6 Å². The number of rotatable bonds is 10. The molecule has 3 rings (SSSR count). The summed E-state index contributed by atoms with van der Waals surface area (Å²) in [5, 5.41) is 5.01. The summed E-state index contributed by atoms with van der Waals surface area (Å²) in [6.07, 6.45) is 1.75. The molecule has 0 aliphatic heterocycles. The molecule has 0 fully saturated rings. The number of nitrogens with one attached hydrogen (secondary N) is 1. The Morgan fingerprint density at radius 1 is 0.933 bits per heavy atom. The van der Waals surface area contributed by atoms with Crippen LogP contribution in [0.25, 0.3) is 0 Å². The molecule has 0 saturated heterocycles. The fraction of sp³-hybridized carbons (Fsp3) is 0.208. The molecule has 0 amide bonds. The Morgan fingerprint density at radius 3 is 2.50 bits per heavy atom. The van der Waals surface area contributed by atoms with Crippen molar-refractivity contribution in [1.82, 2.24) is 5.43 Å². The van der Waals surface area contributed by atoms with Gasteiger partial charge in [-0.1, -0.05) is 41.9 Å². The minimum absolute atomic E-state index is 0.436. The average molecular weight is 425 g/mol. The number of hydrogen-bond donors (Lipinski definition) is 1. The van der Waals surface area contributed by atoms with Crippen molar-refractivity contribution in [3.63, 3.8) is 0 Å². The third kappa shape index (κ3) is 6.16. The Kier molecular flexibility index (Phi) is 7.98. The van der Waals surface area contributed by atoms with Crippen LogP contribution in [0.2, 0.25) is 5.02 Å². The zero-order valence-electron chi connectivity index (χ0n) is 17.1. The first-order valence-electron chi connectivity index (χ1n) is 9.71. The first-order valence-corrected chi connectivity index (χ1v) is 10.1. The predicted octanol–water partition coefficient (Wildman–Crippen LogP) is 5.45. The topological polar surface area (TPSA) is 52.1 Å². The maximum absolute atomic E-state index is 5.94. The van der Waals surface area contributed by atoms with Gasteiger partial charge in [0.2, 0.25) is 0 Å². The molecule has 6 heteroatoms. The molecule has 30 heavy (non-hydrogen) atoms. The molecular weight excluding hydrogens is 400 g/mol. The molecule has 0 aromatic heterocycles. The van der Waals surface area contributed by atoms with Gasteiger partial charge >= 0.3 is 0 Å². The van der Waals surface area contributed by atoms with Gasteiger partial charge in [0.15, 0.2) is 11.5 Å². The summed E-state index contributed by atoms with van der Waals surface area (Å²) in [5.41, 5.74) is 6.03. The molecule has 0 saturated carbocycles. The quantitative estimate of drug-likeness (QED) is 0.347. The largest absolute Gasteiger partial charge is 0.496 e. The smallest absolute Gasteiger partial charge is 0.161 e. The van der Waals surface area contributed by atoms with Gasteiger partial charge in [-0.3, -0.25) is 0 Å². The Balaban J connectivity index is 1.62. The van der Waals surface area contributed by atoms with E-state index >= 15 is 0 Å². The van der Waals surface area contributed by atoms with Gasteiger partial charge in [-0.2, -0.15) is 5.10 Å². The van der Waals surface area contributed by atoms with Gasteiger partial charge in [0.05, 0.1) is 26.5 Å². The van der Waals surface area contributed by atoms with Crippen molar-refractivity contribution in [2.45, 2.75) is 20.1 Å². The van der Waals surface area contributed by atoms with E-state index in [4.69, 9.17) is 25.8 Å². The highest BCUT2D eigenvalue weighted by Gasteiger charge is 2.07. The van der Waals surface area contributed by atoms with Crippen LogP contribution in [0.5, 0.6) is 17.2 Å². The molecule has 0 spiro atoms. The summed E-state index contributed by atoms with van der Waals surface area (Å²) in [4.78, 5) is 0. The van der Waals surface area contributed by atoms with Crippen LogP contribution in [0.1, 0.15) is 23.6 Å². The minimum atomic E-state index is 0.436. The van der Waals surface area contributed by atoms with Gasteiger partial charge < -0.3 is 19.6 Å². The highest BCUT2D eigenvalue weighted by Crippen LogP contribution is 2.29. The molecule has 5 nitrogen and oxygen atoms in total. The number of benzene rings is 3. The fourth-order valence-corrected chi connectivity index (χ4v) is 2.96. The predicted molar refractivity (Wildman–Crippen MR) is 121 cm³/mol. The monoisotopic (exact) mass is 424 g/mol. The van der Waals surface area contributed by atoms with Crippen molar-refractivity contribution in [1.29, 1.82) is 0 Å². The van der Waals surface area contributed by atoms with Crippen LogP contribution in [-0.2, 0) is 13.2 Å². The van der Waals surface area contributed by atoms with Gasteiger partial charge in [-0.15, -0.1) is 0 Å². The molecule has 3 aromatic carbocycles. The maximum atomic E-state index is 5.94. The van der Waals surface area contributed by atoms with Crippen molar-refractivity contribution in [3.8, 4) is 17.2 Å². The van der Waals surface area contributed by atoms with Gasteiger partial charge in [-0.25, -0.2) is 0 Å². The van der Waals surface area contributed by atoms with E-state index in [2.05, 4.69) is 10.5 Å². The normalized spacial score (nSPS) is 10.8. The second-order valence-electron chi connectivity index (χ2n) is 6.46. The highest BCUT2D eigenvalue weighted by molar-refractivity contribution is 6.30. The fourth-order valence-electron chi connectivity index (χ4n) is 2.83. The summed E-state index contributed by atoms with van der Waals surface area (Å²) in [7, 11) is 1.66. The Hall–Kier alpha value is -3.18. The molecule has 0 unspecified atom stereocenters. The zero-order chi connectivity index (χ0) is 21.2. The van der Waals surface area contributed by atoms with E-state index in [1.54, 1.807) is 13.3 Å². The van der Waals surface area contributed by atoms with E-state index in [0.29, 0.717) is 36.3 Å². The summed E-state index contributed by atoms with van der Waals surface area (Å²) in [6.45, 7) is 3.49. The SMILES string of the molecule is CCOc1cc(/C=N/NCc2ccccc2OC)ccc1OCc1ccc(Cl)cc1. The lowest BCUT2D eigenvalue weighted by atomic mass is 10.2. The van der Waals surface area contributed by atoms with E-state index in [9.17, 15) is 0 Å². The summed E-state index contributed by atoms with van der Waals surface area (Å²) < 4.78 is 17.0. The maximum Gasteiger partial charge on any atom is 0.161 e. The molecule has 3 aromatic rings. The molecule has 0 aliphatic carbocycles. The Bertz CT molecular complexity index is 974. The van der Waals surface area contributed by atoms with E-state index < -0.39 is 0 Å². The summed E-state index contributed by atoms with van der Waals surface area (Å²) in [5.74, 6) is 2.20. The Morgan fingerprint density at radius 2 is 1.73 bits per heavy atom. The van der Waals surface area contributed by atoms with E-state index in [-0.39, 0.29) is 0 Å². The van der Waals surface area contributed by atoms with Crippen molar-refractivity contribution < 1.29 is 14.2 Å². The summed E-state index contributed by atoms with van der Waals surface area (Å²) >= 11 is 5.93. The number of para-hydroxylation sites is 1. The second kappa shape index (κ2) is 11.1. The molecular formula is C24H25ClN2O3. The van der Waals surface area contributed by atoms with E-state index in [1.807, 2.05) is 73.7 Å². The number of methoxy groups -OCH3 is 1. The van der Waals surface area contributed by atoms with Crippen LogP contribution in [0, 0.1) is 0 Å². The first-order chi connectivity index (χ1) is 14.7. The number of nitrogens with zero attached hydrogens (tertiary/aromatic N) is 1. The summed E-state index contributed by atoms with van der Waals surface area (Å²) in [6, 6.07) is 21.2.